The first kappa shape index (κ1) is 15.8. The van der Waals surface area contributed by atoms with Gasteiger partial charge in [-0.1, -0.05) is 17.7 Å². The topological polar surface area (TPSA) is 83.0 Å². The molecular formula is C16H13ClN2O3. The van der Waals surface area contributed by atoms with Crippen molar-refractivity contribution >= 4 is 17.6 Å². The van der Waals surface area contributed by atoms with Crippen LogP contribution in [0.3, 0.4) is 0 Å². The number of H-pyrrole nitrogens is 1. The summed E-state index contributed by atoms with van der Waals surface area (Å²) < 4.78 is 4.91. The molecule has 5 nitrogen and oxygen atoms in total. The SMILES string of the molecule is CCOC(=O)c1ccc(-c2cc(C)[nH]c(=O)c2C#N)cc1Cl. The van der Waals surface area contributed by atoms with Crippen molar-refractivity contribution in [1.82, 2.24) is 4.98 Å². The summed E-state index contributed by atoms with van der Waals surface area (Å²) in [6.07, 6.45) is 0. The summed E-state index contributed by atoms with van der Waals surface area (Å²) in [4.78, 5) is 26.1. The molecular weight excluding hydrogens is 304 g/mol. The number of benzene rings is 1. The van der Waals surface area contributed by atoms with Gasteiger partial charge in [-0.15, -0.1) is 0 Å². The lowest BCUT2D eigenvalue weighted by atomic mass is 10.00. The van der Waals surface area contributed by atoms with E-state index in [0.29, 0.717) is 16.8 Å². The number of nitriles is 1. The second kappa shape index (κ2) is 6.46. The standard InChI is InChI=1S/C16H13ClN2O3/c1-3-22-16(21)11-5-4-10(7-14(11)17)12-6-9(2)19-15(20)13(12)8-18/h4-7H,3H2,1-2H3,(H,19,20). The van der Waals surface area contributed by atoms with E-state index in [1.165, 1.54) is 6.07 Å². The average Bonchev–Trinajstić information content (AvgIpc) is 2.46. The Labute approximate surface area is 132 Å². The van der Waals surface area contributed by atoms with E-state index >= 15 is 0 Å². The van der Waals surface area contributed by atoms with Gasteiger partial charge >= 0.3 is 5.97 Å². The molecule has 0 aliphatic carbocycles. The number of nitrogens with one attached hydrogen (secondary N) is 1. The van der Waals surface area contributed by atoms with Gasteiger partial charge in [0, 0.05) is 11.3 Å². The van der Waals surface area contributed by atoms with Gasteiger partial charge in [0.15, 0.2) is 0 Å². The lowest BCUT2D eigenvalue weighted by Crippen LogP contribution is -2.12. The minimum Gasteiger partial charge on any atom is -0.462 e. The molecule has 0 saturated carbocycles. The van der Waals surface area contributed by atoms with Crippen molar-refractivity contribution in [3.05, 3.63) is 56.5 Å². The molecule has 1 aromatic heterocycles. The number of carbonyl (C=O) groups is 1. The molecule has 0 radical (unpaired) electrons. The minimum absolute atomic E-state index is 0.00514. The van der Waals surface area contributed by atoms with Crippen LogP contribution in [0, 0.1) is 18.3 Å². The fourth-order valence-electron chi connectivity index (χ4n) is 2.08. The number of pyridine rings is 1. The van der Waals surface area contributed by atoms with E-state index in [0.717, 1.165) is 0 Å². The van der Waals surface area contributed by atoms with Gasteiger partial charge in [-0.25, -0.2) is 4.79 Å². The number of rotatable bonds is 3. The van der Waals surface area contributed by atoms with Crippen molar-refractivity contribution < 1.29 is 9.53 Å². The van der Waals surface area contributed by atoms with Crippen LogP contribution < -0.4 is 5.56 Å². The van der Waals surface area contributed by atoms with E-state index in [1.54, 1.807) is 32.0 Å². The van der Waals surface area contributed by atoms with E-state index in [1.807, 2.05) is 6.07 Å². The average molecular weight is 317 g/mol. The van der Waals surface area contributed by atoms with E-state index in [9.17, 15) is 9.59 Å². The van der Waals surface area contributed by atoms with Gasteiger partial charge in [0.25, 0.3) is 5.56 Å². The Hall–Kier alpha value is -2.58. The van der Waals surface area contributed by atoms with E-state index in [4.69, 9.17) is 21.6 Å². The van der Waals surface area contributed by atoms with Crippen molar-refractivity contribution in [2.24, 2.45) is 0 Å². The van der Waals surface area contributed by atoms with Crippen molar-refractivity contribution in [2.45, 2.75) is 13.8 Å². The largest absolute Gasteiger partial charge is 0.462 e. The highest BCUT2D eigenvalue weighted by atomic mass is 35.5. The summed E-state index contributed by atoms with van der Waals surface area (Å²) in [5.41, 5.74) is 1.48. The summed E-state index contributed by atoms with van der Waals surface area (Å²) in [6, 6.07) is 8.28. The number of nitrogens with zero attached hydrogens (tertiary/aromatic N) is 1. The predicted octanol–water partition coefficient (Wildman–Crippen LogP) is 3.05. The molecule has 1 heterocycles. The molecule has 0 unspecified atom stereocenters. The molecule has 0 aliphatic heterocycles. The third kappa shape index (κ3) is 3.02. The Morgan fingerprint density at radius 3 is 2.73 bits per heavy atom. The van der Waals surface area contributed by atoms with Crippen LogP contribution in [0.2, 0.25) is 5.02 Å². The molecule has 0 spiro atoms. The van der Waals surface area contributed by atoms with Gasteiger partial charge in [0.1, 0.15) is 11.6 Å². The summed E-state index contributed by atoms with van der Waals surface area (Å²) in [7, 11) is 0. The zero-order valence-electron chi connectivity index (χ0n) is 12.1. The molecule has 1 aromatic carbocycles. The van der Waals surface area contributed by atoms with Crippen molar-refractivity contribution in [3.8, 4) is 17.2 Å². The van der Waals surface area contributed by atoms with Crippen LogP contribution in [-0.2, 0) is 4.74 Å². The van der Waals surface area contributed by atoms with E-state index in [-0.39, 0.29) is 22.8 Å². The maximum absolute atomic E-state index is 11.8. The summed E-state index contributed by atoms with van der Waals surface area (Å²) in [6.45, 7) is 3.68. The highest BCUT2D eigenvalue weighted by Crippen LogP contribution is 2.27. The van der Waals surface area contributed by atoms with Crippen molar-refractivity contribution in [2.75, 3.05) is 6.61 Å². The van der Waals surface area contributed by atoms with Crippen LogP contribution >= 0.6 is 11.6 Å². The van der Waals surface area contributed by atoms with Crippen molar-refractivity contribution in [3.63, 3.8) is 0 Å². The van der Waals surface area contributed by atoms with Crippen LogP contribution in [0.4, 0.5) is 0 Å². The fourth-order valence-corrected chi connectivity index (χ4v) is 2.34. The summed E-state index contributed by atoms with van der Waals surface area (Å²) in [5, 5.41) is 9.36. The Kier molecular flexibility index (Phi) is 4.64. The maximum atomic E-state index is 11.8. The summed E-state index contributed by atoms with van der Waals surface area (Å²) >= 11 is 6.12. The van der Waals surface area contributed by atoms with Crippen LogP contribution in [0.25, 0.3) is 11.1 Å². The Bertz CT molecular complexity index is 834. The molecule has 2 aromatic rings. The first-order valence-corrected chi connectivity index (χ1v) is 6.96. The van der Waals surface area contributed by atoms with Gasteiger partial charge in [-0.2, -0.15) is 5.26 Å². The number of aromatic amines is 1. The second-order valence-corrected chi connectivity index (χ2v) is 5.00. The lowest BCUT2D eigenvalue weighted by molar-refractivity contribution is 0.0526. The van der Waals surface area contributed by atoms with Crippen LogP contribution in [0.5, 0.6) is 0 Å². The van der Waals surface area contributed by atoms with Crippen molar-refractivity contribution in [1.29, 1.82) is 5.26 Å². The van der Waals surface area contributed by atoms with Gasteiger partial charge in [0.05, 0.1) is 17.2 Å². The Balaban J connectivity index is 2.57. The molecule has 0 aliphatic rings. The number of aryl methyl sites for hydroxylation is 1. The van der Waals surface area contributed by atoms with E-state index in [2.05, 4.69) is 4.98 Å². The number of carbonyl (C=O) groups excluding carboxylic acids is 1. The normalized spacial score (nSPS) is 10.1. The molecule has 0 bridgehead atoms. The zero-order valence-corrected chi connectivity index (χ0v) is 12.8. The quantitative estimate of drug-likeness (QED) is 0.882. The van der Waals surface area contributed by atoms with E-state index < -0.39 is 11.5 Å². The highest BCUT2D eigenvalue weighted by molar-refractivity contribution is 6.33. The molecule has 22 heavy (non-hydrogen) atoms. The molecule has 112 valence electrons. The molecule has 1 N–H and O–H groups in total. The number of aromatic nitrogens is 1. The third-order valence-electron chi connectivity index (χ3n) is 3.06. The predicted molar refractivity (Wildman–Crippen MR) is 82.9 cm³/mol. The first-order valence-electron chi connectivity index (χ1n) is 6.59. The molecule has 2 rings (SSSR count). The fraction of sp³-hybridized carbons (Fsp3) is 0.188. The highest BCUT2D eigenvalue weighted by Gasteiger charge is 2.15. The van der Waals surface area contributed by atoms with Crippen LogP contribution in [0.1, 0.15) is 28.5 Å². The lowest BCUT2D eigenvalue weighted by Gasteiger charge is -2.08. The third-order valence-corrected chi connectivity index (χ3v) is 3.37. The molecule has 0 saturated heterocycles. The monoisotopic (exact) mass is 316 g/mol. The number of esters is 1. The molecule has 0 atom stereocenters. The molecule has 0 fully saturated rings. The minimum atomic E-state index is -0.512. The molecule has 0 amide bonds. The Morgan fingerprint density at radius 2 is 2.14 bits per heavy atom. The van der Waals surface area contributed by atoms with Gasteiger partial charge in [-0.3, -0.25) is 4.79 Å². The van der Waals surface area contributed by atoms with Gasteiger partial charge in [0.2, 0.25) is 0 Å². The zero-order chi connectivity index (χ0) is 16.3. The van der Waals surface area contributed by atoms with Crippen LogP contribution in [0.15, 0.2) is 29.1 Å². The smallest absolute Gasteiger partial charge is 0.339 e. The number of ether oxygens (including phenoxy) is 1. The summed E-state index contributed by atoms with van der Waals surface area (Å²) in [5.74, 6) is -0.512. The number of hydrogen-bond donors (Lipinski definition) is 1. The number of hydrogen-bond acceptors (Lipinski definition) is 4. The second-order valence-electron chi connectivity index (χ2n) is 4.60. The van der Waals surface area contributed by atoms with Crippen LogP contribution in [-0.4, -0.2) is 17.6 Å². The number of halogens is 1. The van der Waals surface area contributed by atoms with Gasteiger partial charge < -0.3 is 9.72 Å². The molecule has 6 heteroatoms. The first-order chi connectivity index (χ1) is 10.5. The maximum Gasteiger partial charge on any atom is 0.339 e. The van der Waals surface area contributed by atoms with Gasteiger partial charge in [-0.05, 0) is 37.6 Å². The Morgan fingerprint density at radius 1 is 1.41 bits per heavy atom.